The van der Waals surface area contributed by atoms with Crippen LogP contribution in [0, 0.1) is 0 Å². The third-order valence-corrected chi connectivity index (χ3v) is 5.24. The summed E-state index contributed by atoms with van der Waals surface area (Å²) in [7, 11) is 0. The molecule has 0 bridgehead atoms. The maximum Gasteiger partial charge on any atom is 0.322 e. The summed E-state index contributed by atoms with van der Waals surface area (Å²) < 4.78 is 0. The molecule has 1 unspecified atom stereocenters. The van der Waals surface area contributed by atoms with Gasteiger partial charge in [-0.25, -0.2) is 4.79 Å². The maximum absolute atomic E-state index is 13.0. The molecule has 1 atom stereocenters. The zero-order valence-electron chi connectivity index (χ0n) is 14.4. The van der Waals surface area contributed by atoms with Crippen molar-refractivity contribution in [3.05, 3.63) is 28.8 Å². The highest BCUT2D eigenvalue weighted by atomic mass is 35.5. The molecule has 2 N–H and O–H groups in total. The van der Waals surface area contributed by atoms with E-state index in [4.69, 9.17) is 16.7 Å². The van der Waals surface area contributed by atoms with Crippen LogP contribution in [0.15, 0.2) is 18.2 Å². The summed E-state index contributed by atoms with van der Waals surface area (Å²) in [6, 6.07) is 4.64. The van der Waals surface area contributed by atoms with Crippen molar-refractivity contribution in [1.29, 1.82) is 0 Å². The van der Waals surface area contributed by atoms with Crippen molar-refractivity contribution in [3.63, 3.8) is 0 Å². The first kappa shape index (κ1) is 18.5. The van der Waals surface area contributed by atoms with E-state index < -0.39 is 5.97 Å². The molecule has 3 rings (SSSR count). The lowest BCUT2D eigenvalue weighted by molar-refractivity contribution is -0.137. The van der Waals surface area contributed by atoms with Gasteiger partial charge in [0.05, 0.1) is 10.7 Å². The highest BCUT2D eigenvalue weighted by molar-refractivity contribution is 6.34. The monoisotopic (exact) mass is 379 g/mol. The van der Waals surface area contributed by atoms with E-state index in [2.05, 4.69) is 5.32 Å². The molecule has 0 radical (unpaired) electrons. The molecule has 0 saturated carbocycles. The average Bonchev–Trinajstić information content (AvgIpc) is 3.06. The maximum atomic E-state index is 13.0. The van der Waals surface area contributed by atoms with Crippen LogP contribution in [0.3, 0.4) is 0 Å². The summed E-state index contributed by atoms with van der Waals surface area (Å²) in [5.41, 5.74) is 0.984. The number of piperidine rings is 1. The number of carbonyl (C=O) groups is 3. The predicted molar refractivity (Wildman–Crippen MR) is 97.7 cm³/mol. The van der Waals surface area contributed by atoms with Crippen molar-refractivity contribution < 1.29 is 19.5 Å². The van der Waals surface area contributed by atoms with Crippen LogP contribution in [0.5, 0.6) is 0 Å². The van der Waals surface area contributed by atoms with Crippen LogP contribution < -0.4 is 10.2 Å². The number of carboxylic acid groups (broad SMARTS) is 1. The molecule has 2 aliphatic rings. The zero-order chi connectivity index (χ0) is 18.7. The Labute approximate surface area is 156 Å². The first-order chi connectivity index (χ1) is 12.5. The molecular formula is C18H22ClN3O4. The van der Waals surface area contributed by atoms with E-state index in [0.717, 1.165) is 19.3 Å². The topological polar surface area (TPSA) is 89.9 Å². The highest BCUT2D eigenvalue weighted by Gasteiger charge is 2.29. The number of likely N-dealkylation sites (tertiary alicyclic amines) is 1. The van der Waals surface area contributed by atoms with Gasteiger partial charge < -0.3 is 15.3 Å². The van der Waals surface area contributed by atoms with Crippen molar-refractivity contribution in [2.75, 3.05) is 24.5 Å². The molecule has 2 aliphatic heterocycles. The summed E-state index contributed by atoms with van der Waals surface area (Å²) >= 11 is 6.23. The van der Waals surface area contributed by atoms with Crippen LogP contribution in [0.25, 0.3) is 0 Å². The number of nitrogens with one attached hydrogen (secondary N) is 1. The molecule has 3 amide bonds. The molecule has 2 fully saturated rings. The van der Waals surface area contributed by atoms with Crippen molar-refractivity contribution in [2.24, 2.45) is 0 Å². The van der Waals surface area contributed by atoms with Crippen LogP contribution in [0.1, 0.15) is 42.5 Å². The number of amides is 3. The van der Waals surface area contributed by atoms with Gasteiger partial charge in [0.2, 0.25) is 0 Å². The highest BCUT2D eigenvalue weighted by Crippen LogP contribution is 2.30. The van der Waals surface area contributed by atoms with Crippen molar-refractivity contribution >= 4 is 35.2 Å². The molecule has 0 aliphatic carbocycles. The van der Waals surface area contributed by atoms with Gasteiger partial charge in [0.15, 0.2) is 0 Å². The number of carbonyl (C=O) groups excluding carboxylic acids is 2. The summed E-state index contributed by atoms with van der Waals surface area (Å²) in [6.45, 7) is 1.66. The van der Waals surface area contributed by atoms with Gasteiger partial charge in [0.25, 0.3) is 5.91 Å². The van der Waals surface area contributed by atoms with Gasteiger partial charge in [-0.15, -0.1) is 0 Å². The minimum Gasteiger partial charge on any atom is -0.481 e. The number of hydrogen-bond acceptors (Lipinski definition) is 3. The number of hydrogen-bond donors (Lipinski definition) is 2. The van der Waals surface area contributed by atoms with E-state index in [1.54, 1.807) is 23.1 Å². The molecule has 0 spiro atoms. The lowest BCUT2D eigenvalue weighted by Gasteiger charge is -2.36. The molecule has 0 aromatic heterocycles. The van der Waals surface area contributed by atoms with Crippen molar-refractivity contribution in [2.45, 2.75) is 38.1 Å². The van der Waals surface area contributed by atoms with Crippen LogP contribution in [-0.4, -0.2) is 53.6 Å². The number of nitrogens with zero attached hydrogens (tertiary/aromatic N) is 2. The fraction of sp³-hybridized carbons (Fsp3) is 0.500. The zero-order valence-corrected chi connectivity index (χ0v) is 15.2. The Morgan fingerprint density at radius 1 is 1.27 bits per heavy atom. The minimum atomic E-state index is -0.850. The fourth-order valence-electron chi connectivity index (χ4n) is 3.58. The van der Waals surface area contributed by atoms with Gasteiger partial charge in [-0.1, -0.05) is 11.6 Å². The second kappa shape index (κ2) is 7.95. The summed E-state index contributed by atoms with van der Waals surface area (Å²) in [5.74, 6) is -0.991. The molecular weight excluding hydrogens is 358 g/mol. The van der Waals surface area contributed by atoms with Crippen LogP contribution >= 0.6 is 11.6 Å². The number of urea groups is 1. The number of anilines is 1. The van der Waals surface area contributed by atoms with Crippen LogP contribution in [-0.2, 0) is 4.79 Å². The Balaban J connectivity index is 1.81. The van der Waals surface area contributed by atoms with Gasteiger partial charge in [0, 0.05) is 37.7 Å². The molecule has 2 saturated heterocycles. The van der Waals surface area contributed by atoms with E-state index in [-0.39, 0.29) is 24.4 Å². The third-order valence-electron chi connectivity index (χ3n) is 4.92. The second-order valence-electron chi connectivity index (χ2n) is 6.63. The lowest BCUT2D eigenvalue weighted by Crippen LogP contribution is -2.44. The molecule has 26 heavy (non-hydrogen) atoms. The number of halogens is 1. The number of rotatable bonds is 5. The van der Waals surface area contributed by atoms with Gasteiger partial charge >= 0.3 is 12.0 Å². The standard InChI is InChI=1S/C18H22ClN3O4/c19-14-6-4-12(11-15(14)22-10-8-20-18(22)26)17(25)21-9-2-1-3-13(21)5-7-16(23)24/h4,6,11,13H,1-3,5,7-10H2,(H,20,26)(H,23,24). The summed E-state index contributed by atoms with van der Waals surface area (Å²) in [5, 5.41) is 12.1. The SMILES string of the molecule is O=C(O)CCC1CCCCN1C(=O)c1ccc(Cl)c(N2CCNC2=O)c1. The van der Waals surface area contributed by atoms with E-state index >= 15 is 0 Å². The quantitative estimate of drug-likeness (QED) is 0.823. The van der Waals surface area contributed by atoms with E-state index in [1.165, 1.54) is 4.90 Å². The summed E-state index contributed by atoms with van der Waals surface area (Å²) in [4.78, 5) is 39.1. The lowest BCUT2D eigenvalue weighted by atomic mass is 9.97. The van der Waals surface area contributed by atoms with E-state index in [1.807, 2.05) is 0 Å². The Hall–Kier alpha value is -2.28. The minimum absolute atomic E-state index is 0.0499. The van der Waals surface area contributed by atoms with Crippen molar-refractivity contribution in [3.8, 4) is 0 Å². The van der Waals surface area contributed by atoms with Gasteiger partial charge in [-0.05, 0) is 43.9 Å². The average molecular weight is 380 g/mol. The van der Waals surface area contributed by atoms with E-state index in [9.17, 15) is 14.4 Å². The Bertz CT molecular complexity index is 724. The fourth-order valence-corrected chi connectivity index (χ4v) is 3.80. The molecule has 2 heterocycles. The van der Waals surface area contributed by atoms with Gasteiger partial charge in [-0.2, -0.15) is 0 Å². The molecule has 1 aromatic rings. The van der Waals surface area contributed by atoms with Crippen LogP contribution in [0.2, 0.25) is 5.02 Å². The molecule has 7 nitrogen and oxygen atoms in total. The van der Waals surface area contributed by atoms with E-state index in [0.29, 0.717) is 42.3 Å². The largest absolute Gasteiger partial charge is 0.481 e. The smallest absolute Gasteiger partial charge is 0.322 e. The molecule has 1 aromatic carbocycles. The normalized spacial score (nSPS) is 20.2. The van der Waals surface area contributed by atoms with Gasteiger partial charge in [-0.3, -0.25) is 14.5 Å². The predicted octanol–water partition coefficient (Wildman–Crippen LogP) is 2.73. The Kier molecular flexibility index (Phi) is 5.66. The number of benzene rings is 1. The third kappa shape index (κ3) is 3.93. The van der Waals surface area contributed by atoms with Crippen molar-refractivity contribution in [1.82, 2.24) is 10.2 Å². The second-order valence-corrected chi connectivity index (χ2v) is 7.04. The first-order valence-corrected chi connectivity index (χ1v) is 9.23. The molecule has 8 heteroatoms. The summed E-state index contributed by atoms with van der Waals surface area (Å²) in [6.07, 6.45) is 3.22. The van der Waals surface area contributed by atoms with Gasteiger partial charge in [0.1, 0.15) is 0 Å². The number of carboxylic acids is 1. The number of aliphatic carboxylic acids is 1. The van der Waals surface area contributed by atoms with Crippen LogP contribution in [0.4, 0.5) is 10.5 Å². The Morgan fingerprint density at radius 2 is 2.08 bits per heavy atom. The molecule has 140 valence electrons. The Morgan fingerprint density at radius 3 is 2.77 bits per heavy atom. The first-order valence-electron chi connectivity index (χ1n) is 8.85.